The van der Waals surface area contributed by atoms with Gasteiger partial charge in [-0.1, -0.05) is 35.9 Å². The average Bonchev–Trinajstić information content (AvgIpc) is 2.69. The van der Waals surface area contributed by atoms with Gasteiger partial charge in [0, 0.05) is 11.8 Å². The molecule has 0 spiro atoms. The van der Waals surface area contributed by atoms with E-state index < -0.39 is 21.4 Å². The fraction of sp³-hybridized carbons (Fsp3) is 0.136. The van der Waals surface area contributed by atoms with Gasteiger partial charge in [0.05, 0.1) is 10.5 Å². The number of rotatable bonds is 7. The summed E-state index contributed by atoms with van der Waals surface area (Å²) in [7, 11) is -3.74. The van der Waals surface area contributed by atoms with E-state index in [2.05, 4.69) is 5.32 Å². The molecule has 3 rings (SSSR count). The van der Waals surface area contributed by atoms with Crippen LogP contribution in [0.15, 0.2) is 84.0 Å². The number of nitrogens with zero attached hydrogens (tertiary/aromatic N) is 1. The lowest BCUT2D eigenvalue weighted by Gasteiger charge is -2.05. The number of halogens is 1. The van der Waals surface area contributed by atoms with Crippen molar-refractivity contribution in [3.05, 3.63) is 90.3 Å². The molecule has 0 radical (unpaired) electrons. The number of Topliss-reactive ketones (excluding diaryl/α,β-unsaturated/α-hetero) is 1. The zero-order chi connectivity index (χ0) is 20.9. The van der Waals surface area contributed by atoms with E-state index >= 15 is 0 Å². The first-order valence-electron chi connectivity index (χ1n) is 9.00. The van der Waals surface area contributed by atoms with Crippen LogP contribution in [0.5, 0.6) is 0 Å². The Morgan fingerprint density at radius 1 is 0.933 bits per heavy atom. The van der Waals surface area contributed by atoms with Crippen molar-refractivity contribution >= 4 is 27.2 Å². The Morgan fingerprint density at radius 2 is 1.60 bits per heavy atom. The van der Waals surface area contributed by atoms with E-state index in [0.29, 0.717) is 5.69 Å². The van der Waals surface area contributed by atoms with Gasteiger partial charge < -0.3 is 17.7 Å². The van der Waals surface area contributed by atoms with Crippen LogP contribution in [0.2, 0.25) is 0 Å². The number of anilines is 1. The molecule has 0 fully saturated rings. The van der Waals surface area contributed by atoms with Crippen molar-refractivity contribution in [2.45, 2.75) is 18.4 Å². The van der Waals surface area contributed by atoms with Crippen LogP contribution in [0.25, 0.3) is 0 Å². The van der Waals surface area contributed by atoms with E-state index in [1.54, 1.807) is 47.2 Å². The quantitative estimate of drug-likeness (QED) is 0.396. The number of aromatic nitrogens is 1. The molecule has 0 saturated heterocycles. The van der Waals surface area contributed by atoms with Crippen LogP contribution in [0.3, 0.4) is 0 Å². The molecular formula is C22H21ClN2O4S. The van der Waals surface area contributed by atoms with Gasteiger partial charge in [-0.05, 0) is 37.3 Å². The van der Waals surface area contributed by atoms with E-state index in [9.17, 15) is 18.0 Å². The van der Waals surface area contributed by atoms with Gasteiger partial charge in [0.1, 0.15) is 5.75 Å². The Labute approximate surface area is 181 Å². The summed E-state index contributed by atoms with van der Waals surface area (Å²) < 4.78 is 26.5. The molecule has 0 atom stereocenters. The predicted octanol–water partition coefficient (Wildman–Crippen LogP) is -0.418. The normalized spacial score (nSPS) is 10.7. The van der Waals surface area contributed by atoms with Gasteiger partial charge in [-0.25, -0.2) is 8.42 Å². The van der Waals surface area contributed by atoms with Crippen molar-refractivity contribution in [3.8, 4) is 0 Å². The highest BCUT2D eigenvalue weighted by Crippen LogP contribution is 2.14. The van der Waals surface area contributed by atoms with Crippen LogP contribution in [0.1, 0.15) is 15.9 Å². The third-order valence-corrected chi connectivity index (χ3v) is 5.90. The second-order valence-corrected chi connectivity index (χ2v) is 8.66. The van der Waals surface area contributed by atoms with Gasteiger partial charge in [-0.2, -0.15) is 4.57 Å². The molecule has 1 amide bonds. The van der Waals surface area contributed by atoms with E-state index in [1.165, 1.54) is 18.3 Å². The Morgan fingerprint density at radius 3 is 2.27 bits per heavy atom. The maximum absolute atomic E-state index is 12.5. The third kappa shape index (κ3) is 6.23. The average molecular weight is 445 g/mol. The highest BCUT2D eigenvalue weighted by Gasteiger charge is 2.22. The van der Waals surface area contributed by atoms with Gasteiger partial charge >= 0.3 is 0 Å². The second-order valence-electron chi connectivity index (χ2n) is 6.67. The molecule has 8 heteroatoms. The summed E-state index contributed by atoms with van der Waals surface area (Å²) in [5.41, 5.74) is 1.85. The maximum atomic E-state index is 12.5. The number of pyridine rings is 1. The van der Waals surface area contributed by atoms with Crippen LogP contribution < -0.4 is 22.3 Å². The topological polar surface area (TPSA) is 84.2 Å². The number of aryl methyl sites for hydroxylation is 1. The van der Waals surface area contributed by atoms with Crippen molar-refractivity contribution in [2.75, 3.05) is 11.1 Å². The number of sulfone groups is 1. The molecule has 0 unspecified atom stereocenters. The SMILES string of the molecule is Cc1ccc(S(=O)(=O)CC(=O)c2ccc[n+](CC(=O)Nc3ccccc3)c2)cc1.[Cl-]. The number of para-hydroxylation sites is 1. The summed E-state index contributed by atoms with van der Waals surface area (Å²) in [6.07, 6.45) is 3.13. The summed E-state index contributed by atoms with van der Waals surface area (Å²) in [5, 5.41) is 2.76. The summed E-state index contributed by atoms with van der Waals surface area (Å²) in [6.45, 7) is 1.86. The summed E-state index contributed by atoms with van der Waals surface area (Å²) >= 11 is 0. The minimum absolute atomic E-state index is 0. The van der Waals surface area contributed by atoms with Crippen LogP contribution in [-0.4, -0.2) is 25.9 Å². The predicted molar refractivity (Wildman–Crippen MR) is 109 cm³/mol. The van der Waals surface area contributed by atoms with Crippen molar-refractivity contribution in [1.29, 1.82) is 0 Å². The van der Waals surface area contributed by atoms with Crippen LogP contribution in [0, 0.1) is 6.92 Å². The third-order valence-electron chi connectivity index (χ3n) is 4.27. The number of amides is 1. The van der Waals surface area contributed by atoms with E-state index in [4.69, 9.17) is 0 Å². The lowest BCUT2D eigenvalue weighted by Crippen LogP contribution is -3.00. The molecule has 30 heavy (non-hydrogen) atoms. The molecule has 0 aliphatic rings. The molecule has 3 aromatic rings. The molecule has 6 nitrogen and oxygen atoms in total. The Kier molecular flexibility index (Phi) is 7.86. The summed E-state index contributed by atoms with van der Waals surface area (Å²) in [6, 6.07) is 18.6. The van der Waals surface area contributed by atoms with Crippen LogP contribution in [0.4, 0.5) is 5.69 Å². The lowest BCUT2D eigenvalue weighted by molar-refractivity contribution is -0.684. The molecule has 0 aliphatic heterocycles. The van der Waals surface area contributed by atoms with Crippen molar-refractivity contribution in [1.82, 2.24) is 0 Å². The monoisotopic (exact) mass is 444 g/mol. The number of nitrogens with one attached hydrogen (secondary N) is 1. The van der Waals surface area contributed by atoms with Crippen LogP contribution >= 0.6 is 0 Å². The smallest absolute Gasteiger partial charge is 0.290 e. The van der Waals surface area contributed by atoms with Crippen LogP contribution in [-0.2, 0) is 21.2 Å². The standard InChI is InChI=1S/C22H20N2O4S.ClH/c1-17-9-11-20(12-10-17)29(27,28)16-21(25)18-6-5-13-24(14-18)15-22(26)23-19-7-3-2-4-8-19;/h2-14H,15-16H2,1H3;1H. The van der Waals surface area contributed by atoms with E-state index in [0.717, 1.165) is 5.56 Å². The number of ketones is 1. The maximum Gasteiger partial charge on any atom is 0.290 e. The first kappa shape index (κ1) is 23.3. The van der Waals surface area contributed by atoms with E-state index in [1.807, 2.05) is 25.1 Å². The Hall–Kier alpha value is -3.03. The van der Waals surface area contributed by atoms with Gasteiger partial charge in [-0.3, -0.25) is 9.59 Å². The minimum atomic E-state index is -3.74. The largest absolute Gasteiger partial charge is 1.00 e. The second kappa shape index (κ2) is 10.1. The zero-order valence-corrected chi connectivity index (χ0v) is 17.9. The van der Waals surface area contributed by atoms with Gasteiger partial charge in [0.2, 0.25) is 6.54 Å². The minimum Gasteiger partial charge on any atom is -1.00 e. The molecule has 156 valence electrons. The molecule has 1 heterocycles. The first-order chi connectivity index (χ1) is 13.8. The fourth-order valence-corrected chi connectivity index (χ4v) is 3.99. The summed E-state index contributed by atoms with van der Waals surface area (Å²) in [4.78, 5) is 24.8. The van der Waals surface area contributed by atoms with Gasteiger partial charge in [-0.15, -0.1) is 0 Å². The molecular weight excluding hydrogens is 424 g/mol. The van der Waals surface area contributed by atoms with Gasteiger partial charge in [0.15, 0.2) is 28.0 Å². The molecule has 0 aliphatic carbocycles. The van der Waals surface area contributed by atoms with Crippen molar-refractivity contribution < 1.29 is 35.0 Å². The first-order valence-corrected chi connectivity index (χ1v) is 10.7. The van der Waals surface area contributed by atoms with Crippen molar-refractivity contribution in [3.63, 3.8) is 0 Å². The highest BCUT2D eigenvalue weighted by atomic mass is 35.5. The molecule has 0 bridgehead atoms. The van der Waals surface area contributed by atoms with E-state index in [-0.39, 0.29) is 35.3 Å². The Balaban J connectivity index is 0.00000320. The fourth-order valence-electron chi connectivity index (χ4n) is 2.76. The van der Waals surface area contributed by atoms with Gasteiger partial charge in [0.25, 0.3) is 5.91 Å². The summed E-state index contributed by atoms with van der Waals surface area (Å²) in [5.74, 6) is -1.41. The Bertz CT molecular complexity index is 1130. The number of hydrogen-bond donors (Lipinski definition) is 1. The zero-order valence-electron chi connectivity index (χ0n) is 16.3. The number of benzene rings is 2. The number of hydrogen-bond acceptors (Lipinski definition) is 4. The van der Waals surface area contributed by atoms with Crippen molar-refractivity contribution in [2.24, 2.45) is 0 Å². The lowest BCUT2D eigenvalue weighted by atomic mass is 10.2. The molecule has 0 saturated carbocycles. The number of carbonyl (C=O) groups is 2. The highest BCUT2D eigenvalue weighted by molar-refractivity contribution is 7.92. The molecule has 2 aromatic carbocycles. The molecule has 1 aromatic heterocycles. The molecule has 1 N–H and O–H groups in total. The number of carbonyl (C=O) groups excluding carboxylic acids is 2.